The number of benzene rings is 3. The number of anilines is 1. The molecule has 186 valence electrons. The number of ether oxygens (including phenoxy) is 1. The zero-order chi connectivity index (χ0) is 25.4. The van der Waals surface area contributed by atoms with Crippen molar-refractivity contribution in [2.75, 3.05) is 12.4 Å². The third-order valence-electron chi connectivity index (χ3n) is 6.89. The molecule has 0 fully saturated rings. The van der Waals surface area contributed by atoms with Gasteiger partial charge in [0.2, 0.25) is 5.91 Å². The number of hydrogen-bond acceptors (Lipinski definition) is 4. The van der Waals surface area contributed by atoms with Crippen LogP contribution >= 0.6 is 0 Å². The summed E-state index contributed by atoms with van der Waals surface area (Å²) in [5.74, 6) is 2.23. The van der Waals surface area contributed by atoms with E-state index in [2.05, 4.69) is 25.1 Å². The van der Waals surface area contributed by atoms with Crippen LogP contribution in [0.25, 0.3) is 33.5 Å². The van der Waals surface area contributed by atoms with Gasteiger partial charge in [-0.3, -0.25) is 4.79 Å². The summed E-state index contributed by atoms with van der Waals surface area (Å²) in [6, 6.07) is 20.0. The number of rotatable bonds is 7. The molecule has 6 rings (SSSR count). The van der Waals surface area contributed by atoms with Crippen molar-refractivity contribution >= 4 is 22.5 Å². The summed E-state index contributed by atoms with van der Waals surface area (Å²) in [5.41, 5.74) is 5.26. The van der Waals surface area contributed by atoms with Crippen LogP contribution in [0.4, 0.5) is 10.1 Å². The number of carbonyl (C=O) groups is 1. The Morgan fingerprint density at radius 3 is 2.62 bits per heavy atom. The molecule has 2 aromatic heterocycles. The topological polar surface area (TPSA) is 84.8 Å². The number of aromatic nitrogens is 4. The maximum atomic E-state index is 14.1. The standard InChI is InChI=1S/C29H26FN5O2/c1-37-22-11-6-18(7-12-22)28-23(24-17-20(30)8-14-25(24)32-28)13-15-27(36)31-21-9-4-19(5-10-21)29-34-33-26-3-2-16-35(26)29/h4-12,14,17,32H,2-3,13,15-16H2,1H3,(H,31,36). The highest BCUT2D eigenvalue weighted by Crippen LogP contribution is 2.33. The predicted octanol–water partition coefficient (Wildman–Crippen LogP) is 5.76. The summed E-state index contributed by atoms with van der Waals surface area (Å²) in [5, 5.41) is 12.3. The van der Waals surface area contributed by atoms with E-state index in [9.17, 15) is 9.18 Å². The number of carbonyl (C=O) groups excluding carboxylic acids is 1. The average molecular weight is 496 g/mol. The first-order valence-electron chi connectivity index (χ1n) is 12.4. The molecule has 1 aliphatic heterocycles. The number of hydrogen-bond donors (Lipinski definition) is 2. The van der Waals surface area contributed by atoms with Crippen molar-refractivity contribution in [3.05, 3.63) is 83.9 Å². The first kappa shape index (κ1) is 23.0. The van der Waals surface area contributed by atoms with Crippen LogP contribution in [0.3, 0.4) is 0 Å². The van der Waals surface area contributed by atoms with Crippen LogP contribution in [-0.4, -0.2) is 32.8 Å². The Hall–Kier alpha value is -4.46. The number of nitrogens with one attached hydrogen (secondary N) is 2. The lowest BCUT2D eigenvalue weighted by molar-refractivity contribution is -0.116. The van der Waals surface area contributed by atoms with Gasteiger partial charge in [-0.2, -0.15) is 0 Å². The van der Waals surface area contributed by atoms with E-state index in [1.807, 2.05) is 48.5 Å². The molecule has 37 heavy (non-hydrogen) atoms. The Balaban J connectivity index is 1.19. The van der Waals surface area contributed by atoms with Gasteiger partial charge in [-0.1, -0.05) is 0 Å². The van der Waals surface area contributed by atoms with Crippen LogP contribution in [0.2, 0.25) is 0 Å². The molecule has 0 atom stereocenters. The molecule has 0 saturated carbocycles. The molecule has 7 nitrogen and oxygen atoms in total. The molecular formula is C29H26FN5O2. The van der Waals surface area contributed by atoms with Gasteiger partial charge in [-0.25, -0.2) is 4.39 Å². The Kier molecular flexibility index (Phi) is 5.92. The monoisotopic (exact) mass is 495 g/mol. The number of methoxy groups -OCH3 is 1. The van der Waals surface area contributed by atoms with Crippen molar-refractivity contribution in [3.8, 4) is 28.4 Å². The fourth-order valence-electron chi connectivity index (χ4n) is 5.01. The normalized spacial score (nSPS) is 12.6. The minimum atomic E-state index is -0.308. The van der Waals surface area contributed by atoms with Gasteiger partial charge in [0.05, 0.1) is 7.11 Å². The van der Waals surface area contributed by atoms with Crippen LogP contribution in [-0.2, 0) is 24.2 Å². The van der Waals surface area contributed by atoms with Gasteiger partial charge in [0, 0.05) is 47.2 Å². The smallest absolute Gasteiger partial charge is 0.224 e. The molecule has 0 saturated heterocycles. The Morgan fingerprint density at radius 2 is 1.84 bits per heavy atom. The number of halogens is 1. The summed E-state index contributed by atoms with van der Waals surface area (Å²) < 4.78 is 21.5. The third kappa shape index (κ3) is 4.46. The number of aromatic amines is 1. The van der Waals surface area contributed by atoms with Crippen molar-refractivity contribution < 1.29 is 13.9 Å². The van der Waals surface area contributed by atoms with Gasteiger partial charge in [-0.05, 0) is 90.7 Å². The molecule has 1 aliphatic rings. The summed E-state index contributed by atoms with van der Waals surface area (Å²) >= 11 is 0. The number of aryl methyl sites for hydroxylation is 2. The van der Waals surface area contributed by atoms with E-state index in [1.165, 1.54) is 12.1 Å². The summed E-state index contributed by atoms with van der Waals surface area (Å²) in [6.45, 7) is 0.937. The van der Waals surface area contributed by atoms with Gasteiger partial charge in [0.15, 0.2) is 5.82 Å². The minimum Gasteiger partial charge on any atom is -0.497 e. The van der Waals surface area contributed by atoms with Crippen LogP contribution in [0.5, 0.6) is 5.75 Å². The summed E-state index contributed by atoms with van der Waals surface area (Å²) in [7, 11) is 1.62. The molecule has 3 heterocycles. The van der Waals surface area contributed by atoms with E-state index in [4.69, 9.17) is 4.74 Å². The summed E-state index contributed by atoms with van der Waals surface area (Å²) in [6.07, 6.45) is 2.77. The number of nitrogens with zero attached hydrogens (tertiary/aromatic N) is 3. The second kappa shape index (κ2) is 9.54. The largest absolute Gasteiger partial charge is 0.497 e. The maximum absolute atomic E-state index is 14.1. The predicted molar refractivity (Wildman–Crippen MR) is 141 cm³/mol. The van der Waals surface area contributed by atoms with E-state index in [-0.39, 0.29) is 18.1 Å². The fraction of sp³-hybridized carbons (Fsp3) is 0.207. The first-order chi connectivity index (χ1) is 18.1. The molecule has 5 aromatic rings. The van der Waals surface area contributed by atoms with Crippen molar-refractivity contribution in [3.63, 3.8) is 0 Å². The second-order valence-corrected chi connectivity index (χ2v) is 9.22. The van der Waals surface area contributed by atoms with E-state index in [1.54, 1.807) is 13.2 Å². The summed E-state index contributed by atoms with van der Waals surface area (Å²) in [4.78, 5) is 16.3. The highest BCUT2D eigenvalue weighted by molar-refractivity contribution is 5.94. The first-order valence-corrected chi connectivity index (χ1v) is 12.4. The molecule has 0 bridgehead atoms. The Labute approximate surface area is 213 Å². The van der Waals surface area contributed by atoms with Gasteiger partial charge in [-0.15, -0.1) is 10.2 Å². The number of amides is 1. The highest BCUT2D eigenvalue weighted by Gasteiger charge is 2.19. The van der Waals surface area contributed by atoms with E-state index in [0.29, 0.717) is 6.42 Å². The quantitative estimate of drug-likeness (QED) is 0.301. The zero-order valence-electron chi connectivity index (χ0n) is 20.4. The molecule has 3 aromatic carbocycles. The molecule has 1 amide bonds. The molecule has 0 unspecified atom stereocenters. The SMILES string of the molecule is COc1ccc(-c2[nH]c3ccc(F)cc3c2CCC(=O)Nc2ccc(-c3nnc4n3CCC4)cc2)cc1. The lowest BCUT2D eigenvalue weighted by Crippen LogP contribution is -2.12. The average Bonchev–Trinajstić information content (AvgIpc) is 3.63. The molecule has 0 spiro atoms. The van der Waals surface area contributed by atoms with Gasteiger partial charge in [0.1, 0.15) is 17.4 Å². The van der Waals surface area contributed by atoms with E-state index in [0.717, 1.165) is 75.8 Å². The minimum absolute atomic E-state index is 0.109. The lowest BCUT2D eigenvalue weighted by Gasteiger charge is -2.09. The van der Waals surface area contributed by atoms with Crippen LogP contribution in [0.15, 0.2) is 66.7 Å². The van der Waals surface area contributed by atoms with Crippen molar-refractivity contribution in [2.45, 2.75) is 32.2 Å². The molecule has 0 aliphatic carbocycles. The number of H-pyrrole nitrogens is 1. The molecular weight excluding hydrogens is 469 g/mol. The third-order valence-corrected chi connectivity index (χ3v) is 6.89. The van der Waals surface area contributed by atoms with Crippen LogP contribution in [0.1, 0.15) is 24.2 Å². The van der Waals surface area contributed by atoms with Crippen molar-refractivity contribution in [1.82, 2.24) is 19.7 Å². The van der Waals surface area contributed by atoms with Gasteiger partial charge >= 0.3 is 0 Å². The molecule has 8 heteroatoms. The van der Waals surface area contributed by atoms with Crippen molar-refractivity contribution in [1.29, 1.82) is 0 Å². The van der Waals surface area contributed by atoms with E-state index >= 15 is 0 Å². The van der Waals surface area contributed by atoms with Crippen LogP contribution in [0, 0.1) is 5.82 Å². The fourth-order valence-corrected chi connectivity index (χ4v) is 5.01. The molecule has 0 radical (unpaired) electrons. The van der Waals surface area contributed by atoms with Crippen LogP contribution < -0.4 is 10.1 Å². The number of fused-ring (bicyclic) bond motifs is 2. The molecule has 2 N–H and O–H groups in total. The van der Waals surface area contributed by atoms with Crippen molar-refractivity contribution in [2.24, 2.45) is 0 Å². The van der Waals surface area contributed by atoms with Gasteiger partial charge in [0.25, 0.3) is 0 Å². The lowest BCUT2D eigenvalue weighted by atomic mass is 10.0. The zero-order valence-corrected chi connectivity index (χ0v) is 20.4. The van der Waals surface area contributed by atoms with Gasteiger partial charge < -0.3 is 19.6 Å². The maximum Gasteiger partial charge on any atom is 0.224 e. The highest BCUT2D eigenvalue weighted by atomic mass is 19.1. The Bertz CT molecular complexity index is 1590. The Morgan fingerprint density at radius 1 is 1.05 bits per heavy atom. The van der Waals surface area contributed by atoms with E-state index < -0.39 is 0 Å². The second-order valence-electron chi connectivity index (χ2n) is 9.22.